The van der Waals surface area contributed by atoms with Gasteiger partial charge in [0, 0.05) is 5.92 Å². The first-order chi connectivity index (χ1) is 11.5. The summed E-state index contributed by atoms with van der Waals surface area (Å²) in [5, 5.41) is 3.03. The molecule has 7 nitrogen and oxygen atoms in total. The Morgan fingerprint density at radius 2 is 2.17 bits per heavy atom. The molecule has 9 heteroatoms. The van der Waals surface area contributed by atoms with Gasteiger partial charge in [-0.05, 0) is 6.92 Å². The number of amides is 1. The molecule has 0 atom stereocenters. The Balaban J connectivity index is 1.82. The molecule has 0 unspecified atom stereocenters. The number of thioether (sulfide) groups is 1. The van der Waals surface area contributed by atoms with Crippen molar-refractivity contribution in [1.82, 2.24) is 9.97 Å². The molecule has 1 amide bonds. The fourth-order valence-electron chi connectivity index (χ4n) is 1.68. The SMILES string of the molecule is CCOC(=O)CC(=O)Nc1ncc(SCc2ncc(C(C)C)o2)s1. The van der Waals surface area contributed by atoms with Crippen molar-refractivity contribution >= 4 is 40.1 Å². The molecule has 2 heterocycles. The zero-order valence-electron chi connectivity index (χ0n) is 13.7. The second-order valence-electron chi connectivity index (χ2n) is 5.11. The molecule has 2 aromatic heterocycles. The second-order valence-corrected chi connectivity index (χ2v) is 7.42. The molecule has 0 saturated carbocycles. The number of ether oxygens (including phenoxy) is 1. The first-order valence-corrected chi connectivity index (χ1v) is 9.26. The molecule has 2 aromatic rings. The van der Waals surface area contributed by atoms with Gasteiger partial charge in [-0.2, -0.15) is 0 Å². The smallest absolute Gasteiger partial charge is 0.315 e. The van der Waals surface area contributed by atoms with Crippen molar-refractivity contribution in [3.8, 4) is 0 Å². The maximum absolute atomic E-state index is 11.7. The molecule has 0 radical (unpaired) electrons. The number of aromatic nitrogens is 2. The van der Waals surface area contributed by atoms with Crippen molar-refractivity contribution < 1.29 is 18.7 Å². The van der Waals surface area contributed by atoms with Gasteiger partial charge in [0.15, 0.2) is 5.13 Å². The molecular formula is C15H19N3O4S2. The number of carbonyl (C=O) groups is 2. The Bertz CT molecular complexity index is 696. The lowest BCUT2D eigenvalue weighted by Crippen LogP contribution is -2.17. The Kier molecular flexibility index (Phi) is 6.80. The summed E-state index contributed by atoms with van der Waals surface area (Å²) in [6.07, 6.45) is 3.10. The lowest BCUT2D eigenvalue weighted by atomic mass is 10.2. The summed E-state index contributed by atoms with van der Waals surface area (Å²) in [4.78, 5) is 31.3. The van der Waals surface area contributed by atoms with E-state index in [1.807, 2.05) is 13.8 Å². The van der Waals surface area contributed by atoms with Gasteiger partial charge in [-0.25, -0.2) is 9.97 Å². The Morgan fingerprint density at radius 1 is 1.38 bits per heavy atom. The van der Waals surface area contributed by atoms with Crippen LogP contribution in [0.25, 0.3) is 0 Å². The highest BCUT2D eigenvalue weighted by Crippen LogP contribution is 2.31. The van der Waals surface area contributed by atoms with Crippen molar-refractivity contribution in [1.29, 1.82) is 0 Å². The van der Waals surface area contributed by atoms with E-state index in [0.29, 0.717) is 22.7 Å². The van der Waals surface area contributed by atoms with Crippen molar-refractivity contribution in [3.05, 3.63) is 24.0 Å². The second kappa shape index (κ2) is 8.84. The maximum atomic E-state index is 11.7. The van der Waals surface area contributed by atoms with Gasteiger partial charge in [-0.15, -0.1) is 11.8 Å². The summed E-state index contributed by atoms with van der Waals surface area (Å²) < 4.78 is 11.3. The van der Waals surface area contributed by atoms with E-state index in [2.05, 4.69) is 15.3 Å². The van der Waals surface area contributed by atoms with Crippen molar-refractivity contribution in [2.45, 2.75) is 43.1 Å². The van der Waals surface area contributed by atoms with Crippen LogP contribution in [0.5, 0.6) is 0 Å². The molecular weight excluding hydrogens is 350 g/mol. The lowest BCUT2D eigenvalue weighted by Gasteiger charge is -2.01. The molecule has 0 bridgehead atoms. The van der Waals surface area contributed by atoms with Gasteiger partial charge in [0.2, 0.25) is 11.8 Å². The van der Waals surface area contributed by atoms with E-state index in [4.69, 9.17) is 9.15 Å². The minimum Gasteiger partial charge on any atom is -0.466 e. The molecule has 0 spiro atoms. The lowest BCUT2D eigenvalue weighted by molar-refractivity contribution is -0.145. The van der Waals surface area contributed by atoms with Crippen LogP contribution in [0.2, 0.25) is 0 Å². The Labute approximate surface area is 148 Å². The van der Waals surface area contributed by atoms with Gasteiger partial charge in [0.05, 0.1) is 29.0 Å². The van der Waals surface area contributed by atoms with Crippen LogP contribution >= 0.6 is 23.1 Å². The number of nitrogens with zero attached hydrogens (tertiary/aromatic N) is 2. The van der Waals surface area contributed by atoms with Crippen LogP contribution in [-0.2, 0) is 20.1 Å². The minimum atomic E-state index is -0.550. The Hall–Kier alpha value is -1.87. The van der Waals surface area contributed by atoms with E-state index in [1.54, 1.807) is 19.3 Å². The van der Waals surface area contributed by atoms with E-state index < -0.39 is 11.9 Å². The summed E-state index contributed by atoms with van der Waals surface area (Å²) in [6, 6.07) is 0. The third-order valence-electron chi connectivity index (χ3n) is 2.82. The molecule has 0 aliphatic heterocycles. The van der Waals surface area contributed by atoms with Gasteiger partial charge >= 0.3 is 5.97 Å². The van der Waals surface area contributed by atoms with Crippen molar-refractivity contribution in [3.63, 3.8) is 0 Å². The third kappa shape index (κ3) is 5.64. The predicted octanol–water partition coefficient (Wildman–Crippen LogP) is 3.44. The molecule has 0 aliphatic carbocycles. The van der Waals surface area contributed by atoms with Crippen LogP contribution in [0, 0.1) is 0 Å². The normalized spacial score (nSPS) is 10.8. The van der Waals surface area contributed by atoms with Crippen LogP contribution in [0.1, 0.15) is 44.8 Å². The first kappa shape index (κ1) is 18.5. The van der Waals surface area contributed by atoms with Crippen LogP contribution in [-0.4, -0.2) is 28.5 Å². The molecule has 0 aromatic carbocycles. The molecule has 0 saturated heterocycles. The van der Waals surface area contributed by atoms with E-state index >= 15 is 0 Å². The summed E-state index contributed by atoms with van der Waals surface area (Å²) in [7, 11) is 0. The van der Waals surface area contributed by atoms with Crippen LogP contribution in [0.15, 0.2) is 21.0 Å². The van der Waals surface area contributed by atoms with Crippen LogP contribution in [0.3, 0.4) is 0 Å². The fourth-order valence-corrected chi connectivity index (χ4v) is 3.42. The zero-order chi connectivity index (χ0) is 17.5. The number of esters is 1. The largest absolute Gasteiger partial charge is 0.466 e. The number of hydrogen-bond donors (Lipinski definition) is 1. The van der Waals surface area contributed by atoms with Gasteiger partial charge in [0.25, 0.3) is 0 Å². The third-order valence-corrected chi connectivity index (χ3v) is 4.91. The average Bonchev–Trinajstić information content (AvgIpc) is 3.14. The summed E-state index contributed by atoms with van der Waals surface area (Å²) in [5.74, 6) is 1.43. The monoisotopic (exact) mass is 369 g/mol. The van der Waals surface area contributed by atoms with Gasteiger partial charge in [-0.1, -0.05) is 25.2 Å². The highest BCUT2D eigenvalue weighted by Gasteiger charge is 2.13. The highest BCUT2D eigenvalue weighted by molar-refractivity contribution is 8.00. The van der Waals surface area contributed by atoms with E-state index in [1.165, 1.54) is 23.1 Å². The quantitative estimate of drug-likeness (QED) is 0.433. The van der Waals surface area contributed by atoms with Gasteiger partial charge in [-0.3, -0.25) is 9.59 Å². The topological polar surface area (TPSA) is 94.3 Å². The summed E-state index contributed by atoms with van der Waals surface area (Å²) in [6.45, 7) is 6.04. The Morgan fingerprint density at radius 3 is 2.83 bits per heavy atom. The average molecular weight is 369 g/mol. The number of hydrogen-bond acceptors (Lipinski definition) is 8. The number of rotatable bonds is 8. The standard InChI is InChI=1S/C15H19N3O4S2/c1-4-21-13(20)5-11(19)18-15-17-7-14(24-15)23-8-12-16-6-10(22-12)9(2)3/h6-7,9H,4-5,8H2,1-3H3,(H,17,18,19). The summed E-state index contributed by atoms with van der Waals surface area (Å²) in [5.41, 5.74) is 0. The fraction of sp³-hybridized carbons (Fsp3) is 0.467. The summed E-state index contributed by atoms with van der Waals surface area (Å²) >= 11 is 2.86. The number of oxazole rings is 1. The maximum Gasteiger partial charge on any atom is 0.315 e. The molecule has 0 fully saturated rings. The van der Waals surface area contributed by atoms with Crippen molar-refractivity contribution in [2.75, 3.05) is 11.9 Å². The van der Waals surface area contributed by atoms with E-state index in [-0.39, 0.29) is 13.0 Å². The predicted molar refractivity (Wildman–Crippen MR) is 92.1 cm³/mol. The molecule has 0 aliphatic rings. The number of nitrogens with one attached hydrogen (secondary N) is 1. The van der Waals surface area contributed by atoms with Crippen molar-refractivity contribution in [2.24, 2.45) is 0 Å². The van der Waals surface area contributed by atoms with Crippen LogP contribution < -0.4 is 5.32 Å². The van der Waals surface area contributed by atoms with Gasteiger partial charge < -0.3 is 14.5 Å². The number of anilines is 1. The number of thiazole rings is 1. The first-order valence-electron chi connectivity index (χ1n) is 7.46. The van der Waals surface area contributed by atoms with E-state index in [9.17, 15) is 9.59 Å². The van der Waals surface area contributed by atoms with Gasteiger partial charge in [0.1, 0.15) is 12.2 Å². The highest BCUT2D eigenvalue weighted by atomic mass is 32.2. The number of carbonyl (C=O) groups excluding carboxylic acids is 2. The molecule has 24 heavy (non-hydrogen) atoms. The minimum absolute atomic E-state index is 0.253. The van der Waals surface area contributed by atoms with Crippen LogP contribution in [0.4, 0.5) is 5.13 Å². The molecule has 2 rings (SSSR count). The van der Waals surface area contributed by atoms with E-state index in [0.717, 1.165) is 9.97 Å². The molecule has 130 valence electrons. The molecule has 1 N–H and O–H groups in total. The zero-order valence-corrected chi connectivity index (χ0v) is 15.3.